The van der Waals surface area contributed by atoms with Crippen molar-refractivity contribution in [3.63, 3.8) is 0 Å². The predicted molar refractivity (Wildman–Crippen MR) is 73.8 cm³/mol. The van der Waals surface area contributed by atoms with E-state index < -0.39 is 0 Å². The summed E-state index contributed by atoms with van der Waals surface area (Å²) in [7, 11) is 1.61. The second kappa shape index (κ2) is 8.03. The molecule has 0 spiro atoms. The van der Waals surface area contributed by atoms with Gasteiger partial charge in [-0.15, -0.1) is 6.42 Å². The number of urea groups is 1. The van der Waals surface area contributed by atoms with Crippen LogP contribution in [0.1, 0.15) is 26.7 Å². The van der Waals surface area contributed by atoms with Gasteiger partial charge in [0, 0.05) is 13.7 Å². The Kier molecular flexibility index (Phi) is 6.68. The molecule has 1 aliphatic heterocycles. The Bertz CT molecular complexity index is 319. The summed E-state index contributed by atoms with van der Waals surface area (Å²) in [5.74, 6) is 2.77. The SMILES string of the molecule is C#C[C@H](NC(=O)N[C@@H](COC)[C@@H]1CCCO1)C(C)C. The first-order chi connectivity index (χ1) is 9.08. The number of amides is 2. The molecule has 5 heteroatoms. The Morgan fingerprint density at radius 1 is 1.53 bits per heavy atom. The molecule has 2 amide bonds. The number of carbonyl (C=O) groups is 1. The monoisotopic (exact) mass is 268 g/mol. The summed E-state index contributed by atoms with van der Waals surface area (Å²) < 4.78 is 10.7. The molecule has 0 radical (unpaired) electrons. The fourth-order valence-corrected chi connectivity index (χ4v) is 2.09. The van der Waals surface area contributed by atoms with Crippen molar-refractivity contribution >= 4 is 6.03 Å². The number of hydrogen-bond donors (Lipinski definition) is 2. The van der Waals surface area contributed by atoms with E-state index in [1.54, 1.807) is 7.11 Å². The molecule has 5 nitrogen and oxygen atoms in total. The number of terminal acetylenes is 1. The summed E-state index contributed by atoms with van der Waals surface area (Å²) in [6, 6.07) is -0.681. The summed E-state index contributed by atoms with van der Waals surface area (Å²) in [5.41, 5.74) is 0. The van der Waals surface area contributed by atoms with Gasteiger partial charge in [-0.05, 0) is 18.8 Å². The molecule has 3 atom stereocenters. The van der Waals surface area contributed by atoms with Gasteiger partial charge in [0.15, 0.2) is 0 Å². The number of ether oxygens (including phenoxy) is 2. The Morgan fingerprint density at radius 2 is 2.26 bits per heavy atom. The van der Waals surface area contributed by atoms with Crippen LogP contribution in [0.15, 0.2) is 0 Å². The molecule has 0 aliphatic carbocycles. The molecule has 1 fully saturated rings. The van der Waals surface area contributed by atoms with Crippen LogP contribution in [0.4, 0.5) is 4.79 Å². The van der Waals surface area contributed by atoms with Gasteiger partial charge < -0.3 is 20.1 Å². The van der Waals surface area contributed by atoms with E-state index in [-0.39, 0.29) is 30.1 Å². The topological polar surface area (TPSA) is 59.6 Å². The van der Waals surface area contributed by atoms with E-state index in [4.69, 9.17) is 15.9 Å². The Balaban J connectivity index is 2.49. The zero-order valence-electron chi connectivity index (χ0n) is 11.9. The third-order valence-electron chi connectivity index (χ3n) is 3.21. The zero-order valence-corrected chi connectivity index (χ0v) is 11.9. The summed E-state index contributed by atoms with van der Waals surface area (Å²) in [5, 5.41) is 5.67. The van der Waals surface area contributed by atoms with Gasteiger partial charge in [0.25, 0.3) is 0 Å². The molecule has 1 aliphatic rings. The highest BCUT2D eigenvalue weighted by Gasteiger charge is 2.27. The third kappa shape index (κ3) is 5.09. The summed E-state index contributed by atoms with van der Waals surface area (Å²) in [4.78, 5) is 11.9. The van der Waals surface area contributed by atoms with Crippen LogP contribution in [0.2, 0.25) is 0 Å². The van der Waals surface area contributed by atoms with E-state index in [1.807, 2.05) is 13.8 Å². The summed E-state index contributed by atoms with van der Waals surface area (Å²) in [6.07, 6.45) is 7.38. The molecule has 0 aromatic rings. The van der Waals surface area contributed by atoms with Crippen molar-refractivity contribution in [1.29, 1.82) is 0 Å². The van der Waals surface area contributed by atoms with Crippen LogP contribution in [0.3, 0.4) is 0 Å². The number of methoxy groups -OCH3 is 1. The van der Waals surface area contributed by atoms with E-state index in [0.717, 1.165) is 19.4 Å². The largest absolute Gasteiger partial charge is 0.382 e. The molecule has 1 heterocycles. The Hall–Kier alpha value is -1.25. The maximum absolute atomic E-state index is 11.9. The Labute approximate surface area is 115 Å². The van der Waals surface area contributed by atoms with Crippen LogP contribution >= 0.6 is 0 Å². The van der Waals surface area contributed by atoms with Crippen LogP contribution in [0.25, 0.3) is 0 Å². The van der Waals surface area contributed by atoms with Crippen LogP contribution in [0.5, 0.6) is 0 Å². The lowest BCUT2D eigenvalue weighted by molar-refractivity contribution is 0.0469. The van der Waals surface area contributed by atoms with Crippen molar-refractivity contribution in [3.05, 3.63) is 0 Å². The average Bonchev–Trinajstić information content (AvgIpc) is 2.88. The van der Waals surface area contributed by atoms with Crippen molar-refractivity contribution in [2.45, 2.75) is 44.9 Å². The molecular weight excluding hydrogens is 244 g/mol. The normalized spacial score (nSPS) is 21.7. The molecule has 19 heavy (non-hydrogen) atoms. The lowest BCUT2D eigenvalue weighted by Gasteiger charge is -2.25. The Morgan fingerprint density at radius 3 is 2.74 bits per heavy atom. The van der Waals surface area contributed by atoms with Crippen molar-refractivity contribution in [3.8, 4) is 12.3 Å². The number of rotatable bonds is 6. The maximum Gasteiger partial charge on any atom is 0.316 e. The quantitative estimate of drug-likeness (QED) is 0.710. The highest BCUT2D eigenvalue weighted by atomic mass is 16.5. The second-order valence-electron chi connectivity index (χ2n) is 5.12. The minimum Gasteiger partial charge on any atom is -0.382 e. The molecular formula is C14H24N2O3. The smallest absolute Gasteiger partial charge is 0.316 e. The first kappa shape index (κ1) is 15.8. The van der Waals surface area contributed by atoms with Crippen LogP contribution < -0.4 is 10.6 Å². The lowest BCUT2D eigenvalue weighted by atomic mass is 10.1. The number of nitrogens with one attached hydrogen (secondary N) is 2. The van der Waals surface area contributed by atoms with Gasteiger partial charge in [-0.3, -0.25) is 0 Å². The number of carbonyl (C=O) groups excluding carboxylic acids is 1. The predicted octanol–water partition coefficient (Wildman–Crippen LogP) is 1.14. The standard InChI is InChI=1S/C14H24N2O3/c1-5-11(10(2)3)15-14(17)16-12(9-18-4)13-7-6-8-19-13/h1,10-13H,6-9H2,2-4H3,(H2,15,16,17)/t11-,12-,13-/m0/s1. The minimum absolute atomic E-state index is 0.0223. The molecule has 108 valence electrons. The van der Waals surface area contributed by atoms with E-state index in [2.05, 4.69) is 16.6 Å². The van der Waals surface area contributed by atoms with Gasteiger partial charge in [-0.1, -0.05) is 19.8 Å². The molecule has 0 unspecified atom stereocenters. The summed E-state index contributed by atoms with van der Waals surface area (Å²) in [6.45, 7) is 5.11. The first-order valence-corrected chi connectivity index (χ1v) is 6.72. The first-order valence-electron chi connectivity index (χ1n) is 6.72. The molecule has 0 aromatic heterocycles. The molecule has 0 saturated carbocycles. The lowest BCUT2D eigenvalue weighted by Crippen LogP contribution is -2.52. The van der Waals surface area contributed by atoms with Crippen molar-refractivity contribution in [2.75, 3.05) is 20.3 Å². The van der Waals surface area contributed by atoms with Crippen LogP contribution in [-0.4, -0.2) is 44.5 Å². The van der Waals surface area contributed by atoms with E-state index in [1.165, 1.54) is 0 Å². The van der Waals surface area contributed by atoms with E-state index in [9.17, 15) is 4.79 Å². The van der Waals surface area contributed by atoms with Gasteiger partial charge in [-0.2, -0.15) is 0 Å². The fourth-order valence-electron chi connectivity index (χ4n) is 2.09. The van der Waals surface area contributed by atoms with Crippen molar-refractivity contribution in [1.82, 2.24) is 10.6 Å². The van der Waals surface area contributed by atoms with Crippen molar-refractivity contribution < 1.29 is 14.3 Å². The zero-order chi connectivity index (χ0) is 14.3. The molecule has 0 aromatic carbocycles. The highest BCUT2D eigenvalue weighted by Crippen LogP contribution is 2.16. The fraction of sp³-hybridized carbons (Fsp3) is 0.786. The average molecular weight is 268 g/mol. The van der Waals surface area contributed by atoms with E-state index in [0.29, 0.717) is 6.61 Å². The van der Waals surface area contributed by atoms with Gasteiger partial charge >= 0.3 is 6.03 Å². The third-order valence-corrected chi connectivity index (χ3v) is 3.21. The van der Waals surface area contributed by atoms with E-state index >= 15 is 0 Å². The summed E-state index contributed by atoms with van der Waals surface area (Å²) >= 11 is 0. The highest BCUT2D eigenvalue weighted by molar-refractivity contribution is 5.75. The van der Waals surface area contributed by atoms with Gasteiger partial charge in [-0.25, -0.2) is 4.79 Å². The molecule has 1 rings (SSSR count). The van der Waals surface area contributed by atoms with Crippen LogP contribution in [-0.2, 0) is 9.47 Å². The van der Waals surface area contributed by atoms with Gasteiger partial charge in [0.05, 0.1) is 24.8 Å². The van der Waals surface area contributed by atoms with Gasteiger partial charge in [0.1, 0.15) is 0 Å². The number of hydrogen-bond acceptors (Lipinski definition) is 3. The molecule has 2 N–H and O–H groups in total. The minimum atomic E-state index is -0.271. The van der Waals surface area contributed by atoms with Crippen molar-refractivity contribution in [2.24, 2.45) is 5.92 Å². The second-order valence-corrected chi connectivity index (χ2v) is 5.12. The molecule has 1 saturated heterocycles. The van der Waals surface area contributed by atoms with Crippen LogP contribution in [0, 0.1) is 18.3 Å². The molecule has 0 bridgehead atoms. The maximum atomic E-state index is 11.9. The van der Waals surface area contributed by atoms with Gasteiger partial charge in [0.2, 0.25) is 0 Å².